The fourth-order valence-corrected chi connectivity index (χ4v) is 4.52. The average Bonchev–Trinajstić information content (AvgIpc) is 2.82. The molecule has 1 aromatic heterocycles. The van der Waals surface area contributed by atoms with Crippen molar-refractivity contribution >= 4 is 9.84 Å². The molecule has 0 saturated heterocycles. The quantitative estimate of drug-likeness (QED) is 0.804. The molecule has 2 rings (SSSR count). The summed E-state index contributed by atoms with van der Waals surface area (Å²) in [7, 11) is -3.40. The van der Waals surface area contributed by atoms with Gasteiger partial charge in [0.25, 0.3) is 0 Å². The predicted molar refractivity (Wildman–Crippen MR) is 63.1 cm³/mol. The number of aryl methyl sites for hydroxylation is 1. The van der Waals surface area contributed by atoms with Crippen LogP contribution in [0.5, 0.6) is 0 Å². The van der Waals surface area contributed by atoms with Crippen molar-refractivity contribution in [3.05, 3.63) is 23.5 Å². The Labute approximate surface area is 101 Å². The van der Waals surface area contributed by atoms with Crippen LogP contribution in [0.3, 0.4) is 0 Å². The normalized spacial score (nSPS) is 16.9. The minimum absolute atomic E-state index is 0.0249. The lowest BCUT2D eigenvalue weighted by atomic mass is 10.2. The number of nitriles is 1. The first kappa shape index (κ1) is 12.1. The van der Waals surface area contributed by atoms with Crippen molar-refractivity contribution < 1.29 is 8.42 Å². The van der Waals surface area contributed by atoms with E-state index in [-0.39, 0.29) is 15.8 Å². The Balaban J connectivity index is 2.57. The molecule has 1 aromatic rings. The number of nitrogens with zero attached hydrogens (tertiary/aromatic N) is 2. The van der Waals surface area contributed by atoms with E-state index in [0.29, 0.717) is 18.4 Å². The largest absolute Gasteiger partial charge is 0.244 e. The van der Waals surface area contributed by atoms with Gasteiger partial charge >= 0.3 is 0 Å². The number of sulfone groups is 1. The van der Waals surface area contributed by atoms with Crippen molar-refractivity contribution in [1.82, 2.24) is 4.98 Å². The van der Waals surface area contributed by atoms with Crippen LogP contribution in [0.15, 0.2) is 17.2 Å². The van der Waals surface area contributed by atoms with Crippen LogP contribution in [0.2, 0.25) is 0 Å². The van der Waals surface area contributed by atoms with E-state index < -0.39 is 9.84 Å². The Hall–Kier alpha value is -1.41. The Kier molecular flexibility index (Phi) is 3.16. The molecule has 1 saturated carbocycles. The van der Waals surface area contributed by atoms with E-state index in [4.69, 9.17) is 5.26 Å². The monoisotopic (exact) mass is 250 g/mol. The number of hydrogen-bond donors (Lipinski definition) is 0. The highest BCUT2D eigenvalue weighted by molar-refractivity contribution is 7.92. The molecule has 0 unspecified atom stereocenters. The van der Waals surface area contributed by atoms with E-state index in [2.05, 4.69) is 4.98 Å². The standard InChI is InChI=1S/C12H14N2O2S/c1-9-6-7-14-11(8-13)12(9)17(15,16)10-4-2-3-5-10/h6-7,10H,2-5H2,1H3. The van der Waals surface area contributed by atoms with Crippen LogP contribution in [0, 0.1) is 18.3 Å². The Morgan fingerprint density at radius 3 is 2.65 bits per heavy atom. The lowest BCUT2D eigenvalue weighted by Gasteiger charge is -2.13. The molecular formula is C12H14N2O2S. The molecule has 17 heavy (non-hydrogen) atoms. The summed E-state index contributed by atoms with van der Waals surface area (Å²) in [6, 6.07) is 3.52. The molecule has 0 spiro atoms. The van der Waals surface area contributed by atoms with E-state index in [0.717, 1.165) is 12.8 Å². The topological polar surface area (TPSA) is 70.8 Å². The first-order valence-corrected chi connectivity index (χ1v) is 7.21. The van der Waals surface area contributed by atoms with E-state index in [9.17, 15) is 8.42 Å². The number of pyridine rings is 1. The van der Waals surface area contributed by atoms with E-state index >= 15 is 0 Å². The summed E-state index contributed by atoms with van der Waals surface area (Å²) in [5.74, 6) is 0. The van der Waals surface area contributed by atoms with Crippen molar-refractivity contribution in [2.24, 2.45) is 0 Å². The molecule has 0 amide bonds. The lowest BCUT2D eigenvalue weighted by molar-refractivity contribution is 0.578. The average molecular weight is 250 g/mol. The third kappa shape index (κ3) is 2.05. The second-order valence-electron chi connectivity index (χ2n) is 4.37. The minimum Gasteiger partial charge on any atom is -0.244 e. The third-order valence-electron chi connectivity index (χ3n) is 3.23. The van der Waals surface area contributed by atoms with Crippen molar-refractivity contribution in [3.8, 4) is 6.07 Å². The smallest absolute Gasteiger partial charge is 0.184 e. The summed E-state index contributed by atoms with van der Waals surface area (Å²) in [6.07, 6.45) is 4.76. The van der Waals surface area contributed by atoms with Crippen LogP contribution in [-0.4, -0.2) is 18.7 Å². The van der Waals surface area contributed by atoms with Crippen molar-refractivity contribution in [1.29, 1.82) is 5.26 Å². The highest BCUT2D eigenvalue weighted by Crippen LogP contribution is 2.31. The highest BCUT2D eigenvalue weighted by atomic mass is 32.2. The van der Waals surface area contributed by atoms with Crippen LogP contribution in [0.25, 0.3) is 0 Å². The van der Waals surface area contributed by atoms with Gasteiger partial charge in [0, 0.05) is 6.20 Å². The zero-order valence-corrected chi connectivity index (χ0v) is 10.5. The zero-order valence-electron chi connectivity index (χ0n) is 9.68. The Bertz CT molecular complexity index is 567. The molecule has 0 aromatic carbocycles. The first-order valence-electron chi connectivity index (χ1n) is 5.67. The SMILES string of the molecule is Cc1ccnc(C#N)c1S(=O)(=O)C1CCCC1. The molecule has 0 aliphatic heterocycles. The van der Waals surface area contributed by atoms with Crippen LogP contribution in [0.1, 0.15) is 36.9 Å². The number of aromatic nitrogens is 1. The summed E-state index contributed by atoms with van der Waals surface area (Å²) in [5, 5.41) is 8.64. The van der Waals surface area contributed by atoms with Gasteiger partial charge in [0.05, 0.1) is 5.25 Å². The minimum atomic E-state index is -3.40. The molecule has 1 aliphatic rings. The van der Waals surface area contributed by atoms with Gasteiger partial charge in [0.2, 0.25) is 0 Å². The number of rotatable bonds is 2. The van der Waals surface area contributed by atoms with Gasteiger partial charge in [-0.1, -0.05) is 12.8 Å². The molecule has 1 heterocycles. The molecule has 4 nitrogen and oxygen atoms in total. The fraction of sp³-hybridized carbons (Fsp3) is 0.500. The summed E-state index contributed by atoms with van der Waals surface area (Å²) in [4.78, 5) is 3.99. The molecule has 1 fully saturated rings. The van der Waals surface area contributed by atoms with Crippen LogP contribution < -0.4 is 0 Å². The summed E-state index contributed by atoms with van der Waals surface area (Å²) < 4.78 is 24.9. The zero-order chi connectivity index (χ0) is 12.5. The van der Waals surface area contributed by atoms with E-state index in [1.807, 2.05) is 6.07 Å². The summed E-state index contributed by atoms with van der Waals surface area (Å²) in [5.41, 5.74) is 0.639. The fourth-order valence-electron chi connectivity index (χ4n) is 2.35. The Morgan fingerprint density at radius 2 is 2.06 bits per heavy atom. The first-order chi connectivity index (χ1) is 8.07. The molecule has 90 valence electrons. The molecule has 5 heteroatoms. The summed E-state index contributed by atoms with van der Waals surface area (Å²) in [6.45, 7) is 1.71. The van der Waals surface area contributed by atoms with Crippen LogP contribution in [0.4, 0.5) is 0 Å². The van der Waals surface area contributed by atoms with Crippen LogP contribution >= 0.6 is 0 Å². The Morgan fingerprint density at radius 1 is 1.41 bits per heavy atom. The van der Waals surface area contributed by atoms with Gasteiger partial charge in [-0.3, -0.25) is 0 Å². The van der Waals surface area contributed by atoms with Crippen molar-refractivity contribution in [3.63, 3.8) is 0 Å². The second kappa shape index (κ2) is 4.46. The molecule has 0 atom stereocenters. The second-order valence-corrected chi connectivity index (χ2v) is 6.53. The van der Waals surface area contributed by atoms with Gasteiger partial charge in [0.1, 0.15) is 11.0 Å². The van der Waals surface area contributed by atoms with Crippen LogP contribution in [-0.2, 0) is 9.84 Å². The molecule has 0 radical (unpaired) electrons. The van der Waals surface area contributed by atoms with Gasteiger partial charge in [-0.2, -0.15) is 5.26 Å². The van der Waals surface area contributed by atoms with E-state index in [1.165, 1.54) is 6.20 Å². The maximum absolute atomic E-state index is 12.4. The van der Waals surface area contributed by atoms with Gasteiger partial charge in [-0.15, -0.1) is 0 Å². The van der Waals surface area contributed by atoms with Crippen molar-refractivity contribution in [2.45, 2.75) is 42.8 Å². The lowest BCUT2D eigenvalue weighted by Crippen LogP contribution is -2.20. The highest BCUT2D eigenvalue weighted by Gasteiger charge is 2.33. The van der Waals surface area contributed by atoms with Crippen molar-refractivity contribution in [2.75, 3.05) is 0 Å². The van der Waals surface area contributed by atoms with Gasteiger partial charge in [-0.25, -0.2) is 13.4 Å². The molecular weight excluding hydrogens is 236 g/mol. The van der Waals surface area contributed by atoms with Gasteiger partial charge in [0.15, 0.2) is 15.5 Å². The predicted octanol–water partition coefficient (Wildman–Crippen LogP) is 1.98. The maximum atomic E-state index is 12.4. The van der Waals surface area contributed by atoms with Gasteiger partial charge in [-0.05, 0) is 31.4 Å². The summed E-state index contributed by atoms with van der Waals surface area (Å²) >= 11 is 0. The molecule has 0 bridgehead atoms. The molecule has 1 aliphatic carbocycles. The number of hydrogen-bond acceptors (Lipinski definition) is 4. The third-order valence-corrected chi connectivity index (χ3v) is 5.67. The van der Waals surface area contributed by atoms with Gasteiger partial charge < -0.3 is 0 Å². The maximum Gasteiger partial charge on any atom is 0.184 e. The molecule has 0 N–H and O–H groups in total. The van der Waals surface area contributed by atoms with E-state index in [1.54, 1.807) is 13.0 Å².